The van der Waals surface area contributed by atoms with Gasteiger partial charge in [-0.25, -0.2) is 0 Å². The number of alkyl halides is 2. The van der Waals surface area contributed by atoms with E-state index in [0.29, 0.717) is 5.82 Å². The number of hydrogen-bond donors (Lipinski definition) is 1. The van der Waals surface area contributed by atoms with Crippen molar-refractivity contribution < 1.29 is 13.3 Å². The number of aromatic nitrogens is 2. The van der Waals surface area contributed by atoms with Crippen LogP contribution in [0.2, 0.25) is 0 Å². The van der Waals surface area contributed by atoms with Crippen molar-refractivity contribution in [3.63, 3.8) is 0 Å². The zero-order valence-corrected chi connectivity index (χ0v) is 7.76. The average Bonchev–Trinajstić information content (AvgIpc) is 2.52. The first-order valence-electron chi connectivity index (χ1n) is 4.49. The van der Waals surface area contributed by atoms with Gasteiger partial charge in [0.25, 0.3) is 5.89 Å². The van der Waals surface area contributed by atoms with E-state index in [0.717, 1.165) is 19.3 Å². The maximum Gasteiger partial charge on any atom is 0.315 e. The Hall–Kier alpha value is -1.04. The Labute approximate surface area is 79.7 Å². The summed E-state index contributed by atoms with van der Waals surface area (Å²) in [7, 11) is 1.78. The van der Waals surface area contributed by atoms with Gasteiger partial charge in [0.05, 0.1) is 5.54 Å². The zero-order chi connectivity index (χ0) is 10.2. The number of hydrogen-bond acceptors (Lipinski definition) is 4. The molecule has 1 aliphatic carbocycles. The summed E-state index contributed by atoms with van der Waals surface area (Å²) >= 11 is 0. The largest absolute Gasteiger partial charge is 0.333 e. The predicted molar refractivity (Wildman–Crippen MR) is 43.8 cm³/mol. The van der Waals surface area contributed by atoms with Crippen molar-refractivity contribution >= 4 is 0 Å². The van der Waals surface area contributed by atoms with Crippen LogP contribution in [0.1, 0.15) is 37.4 Å². The van der Waals surface area contributed by atoms with Crippen LogP contribution in [0.15, 0.2) is 4.52 Å². The molecule has 0 unspecified atom stereocenters. The van der Waals surface area contributed by atoms with Crippen molar-refractivity contribution in [2.75, 3.05) is 7.05 Å². The van der Waals surface area contributed by atoms with Crippen molar-refractivity contribution in [1.82, 2.24) is 15.5 Å². The van der Waals surface area contributed by atoms with Gasteiger partial charge in [0.1, 0.15) is 0 Å². The topological polar surface area (TPSA) is 51.0 Å². The monoisotopic (exact) mass is 203 g/mol. The Morgan fingerprint density at radius 3 is 2.57 bits per heavy atom. The Bertz CT molecular complexity index is 317. The van der Waals surface area contributed by atoms with Crippen LogP contribution < -0.4 is 5.32 Å². The fourth-order valence-electron chi connectivity index (χ4n) is 1.63. The van der Waals surface area contributed by atoms with E-state index in [1.165, 1.54) is 0 Å². The molecular weight excluding hydrogens is 192 g/mol. The van der Waals surface area contributed by atoms with Gasteiger partial charge in [-0.15, -0.1) is 0 Å². The fourth-order valence-corrected chi connectivity index (χ4v) is 1.63. The molecule has 14 heavy (non-hydrogen) atoms. The lowest BCUT2D eigenvalue weighted by atomic mass is 9.76. The molecule has 6 heteroatoms. The van der Waals surface area contributed by atoms with E-state index in [1.807, 2.05) is 0 Å². The van der Waals surface area contributed by atoms with E-state index in [-0.39, 0.29) is 5.54 Å². The van der Waals surface area contributed by atoms with Crippen molar-refractivity contribution in [2.45, 2.75) is 31.2 Å². The van der Waals surface area contributed by atoms with Gasteiger partial charge in [0.15, 0.2) is 5.82 Å². The number of rotatable bonds is 3. The van der Waals surface area contributed by atoms with Gasteiger partial charge < -0.3 is 9.84 Å². The molecule has 1 N–H and O–H groups in total. The van der Waals surface area contributed by atoms with E-state index in [2.05, 4.69) is 20.0 Å². The van der Waals surface area contributed by atoms with E-state index < -0.39 is 12.3 Å². The number of nitrogens with zero attached hydrogens (tertiary/aromatic N) is 2. The summed E-state index contributed by atoms with van der Waals surface area (Å²) in [5.41, 5.74) is -0.337. The lowest BCUT2D eigenvalue weighted by molar-refractivity contribution is 0.106. The zero-order valence-electron chi connectivity index (χ0n) is 7.76. The van der Waals surface area contributed by atoms with Crippen LogP contribution >= 0.6 is 0 Å². The van der Waals surface area contributed by atoms with Gasteiger partial charge in [0, 0.05) is 0 Å². The van der Waals surface area contributed by atoms with E-state index in [4.69, 9.17) is 0 Å². The number of halogens is 2. The molecule has 0 radical (unpaired) electrons. The highest BCUT2D eigenvalue weighted by atomic mass is 19.3. The third kappa shape index (κ3) is 1.30. The average molecular weight is 203 g/mol. The van der Waals surface area contributed by atoms with Gasteiger partial charge in [-0.3, -0.25) is 0 Å². The molecule has 0 aromatic carbocycles. The van der Waals surface area contributed by atoms with Crippen LogP contribution in [0.25, 0.3) is 0 Å². The lowest BCUT2D eigenvalue weighted by Gasteiger charge is -2.38. The Balaban J connectivity index is 2.23. The van der Waals surface area contributed by atoms with Gasteiger partial charge >= 0.3 is 6.43 Å². The van der Waals surface area contributed by atoms with Crippen molar-refractivity contribution in [2.24, 2.45) is 0 Å². The van der Waals surface area contributed by atoms with Gasteiger partial charge in [0.2, 0.25) is 0 Å². The minimum absolute atomic E-state index is 0.337. The van der Waals surface area contributed by atoms with Crippen LogP contribution in [0.4, 0.5) is 8.78 Å². The molecule has 1 aromatic rings. The first-order chi connectivity index (χ1) is 6.68. The summed E-state index contributed by atoms with van der Waals surface area (Å²) in [6.07, 6.45) is 0.0989. The summed E-state index contributed by atoms with van der Waals surface area (Å²) in [5, 5.41) is 6.63. The molecule has 0 bridgehead atoms. The highest BCUT2D eigenvalue weighted by molar-refractivity contribution is 5.10. The van der Waals surface area contributed by atoms with Crippen LogP contribution in [-0.4, -0.2) is 17.2 Å². The second-order valence-electron chi connectivity index (χ2n) is 3.44. The minimum Gasteiger partial charge on any atom is -0.333 e. The highest BCUT2D eigenvalue weighted by Gasteiger charge is 2.41. The smallest absolute Gasteiger partial charge is 0.315 e. The SMILES string of the molecule is CNC1(c2noc(C(F)F)n2)CCC1. The van der Waals surface area contributed by atoms with Crippen LogP contribution in [0.5, 0.6) is 0 Å². The molecule has 4 nitrogen and oxygen atoms in total. The quantitative estimate of drug-likeness (QED) is 0.810. The van der Waals surface area contributed by atoms with Crippen LogP contribution in [0.3, 0.4) is 0 Å². The normalized spacial score (nSPS) is 19.7. The molecule has 0 amide bonds. The summed E-state index contributed by atoms with van der Waals surface area (Å²) in [5.74, 6) is -0.247. The lowest BCUT2D eigenvalue weighted by Crippen LogP contribution is -2.46. The van der Waals surface area contributed by atoms with Crippen LogP contribution in [0, 0.1) is 0 Å². The van der Waals surface area contributed by atoms with Gasteiger partial charge in [-0.1, -0.05) is 5.16 Å². The maximum atomic E-state index is 12.2. The standard InChI is InChI=1S/C8H11F2N3O/c1-11-8(3-2-4-8)7-12-6(5(9)10)14-13-7/h5,11H,2-4H2,1H3. The second-order valence-corrected chi connectivity index (χ2v) is 3.44. The molecule has 0 saturated heterocycles. The first kappa shape index (κ1) is 9.51. The molecule has 1 fully saturated rings. The highest BCUT2D eigenvalue weighted by Crippen LogP contribution is 2.39. The molecule has 1 aromatic heterocycles. The summed E-state index contributed by atoms with van der Waals surface area (Å²) in [4.78, 5) is 3.68. The van der Waals surface area contributed by atoms with Crippen molar-refractivity contribution in [1.29, 1.82) is 0 Å². The van der Waals surface area contributed by atoms with Crippen molar-refractivity contribution in [3.8, 4) is 0 Å². The maximum absolute atomic E-state index is 12.2. The molecule has 0 aliphatic heterocycles. The minimum atomic E-state index is -2.69. The Kier molecular flexibility index (Phi) is 2.22. The third-order valence-corrected chi connectivity index (χ3v) is 2.74. The molecule has 0 atom stereocenters. The molecule has 2 rings (SSSR count). The summed E-state index contributed by atoms with van der Waals surface area (Å²) in [6.45, 7) is 0. The van der Waals surface area contributed by atoms with E-state index in [9.17, 15) is 8.78 Å². The van der Waals surface area contributed by atoms with Crippen molar-refractivity contribution in [3.05, 3.63) is 11.7 Å². The molecule has 1 aliphatic rings. The first-order valence-corrected chi connectivity index (χ1v) is 4.49. The second kappa shape index (κ2) is 3.27. The predicted octanol–water partition coefficient (Wildman–Crippen LogP) is 1.61. The summed E-state index contributed by atoms with van der Waals surface area (Å²) in [6, 6.07) is 0. The van der Waals surface area contributed by atoms with E-state index >= 15 is 0 Å². The molecular formula is C8H11F2N3O. The van der Waals surface area contributed by atoms with E-state index in [1.54, 1.807) is 7.05 Å². The molecule has 0 spiro atoms. The third-order valence-electron chi connectivity index (χ3n) is 2.74. The number of nitrogens with one attached hydrogen (secondary N) is 1. The Morgan fingerprint density at radius 2 is 2.21 bits per heavy atom. The Morgan fingerprint density at radius 1 is 1.50 bits per heavy atom. The molecule has 1 heterocycles. The molecule has 78 valence electrons. The summed E-state index contributed by atoms with van der Waals surface area (Å²) < 4.78 is 28.8. The molecule has 1 saturated carbocycles. The van der Waals surface area contributed by atoms with Gasteiger partial charge in [-0.05, 0) is 26.3 Å². The fraction of sp³-hybridized carbons (Fsp3) is 0.750. The van der Waals surface area contributed by atoms with Gasteiger partial charge in [-0.2, -0.15) is 13.8 Å². The van der Waals surface area contributed by atoms with Crippen LogP contribution in [-0.2, 0) is 5.54 Å².